The second-order valence-electron chi connectivity index (χ2n) is 4.40. The van der Waals surface area contributed by atoms with Gasteiger partial charge in [0.05, 0.1) is 22.7 Å². The zero-order valence-corrected chi connectivity index (χ0v) is 11.2. The van der Waals surface area contributed by atoms with E-state index in [1.807, 2.05) is 6.92 Å². The molecule has 0 bridgehead atoms. The molecule has 6 heteroatoms. The number of pyridine rings is 1. The number of hydrogen-bond donors (Lipinski definition) is 1. The number of carbonyl (C=O) groups is 2. The number of carboxylic acid groups (broad SMARTS) is 1. The van der Waals surface area contributed by atoms with Crippen molar-refractivity contribution >= 4 is 28.5 Å². The molecule has 20 heavy (non-hydrogen) atoms. The SMILES string of the molecule is CCN(C)C(=O)c1cccc2nc(C(=O)[O-])cc(N)c12. The summed E-state index contributed by atoms with van der Waals surface area (Å²) < 4.78 is 0. The quantitative estimate of drug-likeness (QED) is 0.864. The van der Waals surface area contributed by atoms with Crippen molar-refractivity contribution in [2.24, 2.45) is 0 Å². The number of nitrogens with zero attached hydrogens (tertiary/aromatic N) is 2. The molecule has 2 rings (SSSR count). The molecule has 104 valence electrons. The number of amides is 1. The van der Waals surface area contributed by atoms with Crippen molar-refractivity contribution in [1.29, 1.82) is 0 Å². The van der Waals surface area contributed by atoms with Gasteiger partial charge in [-0.1, -0.05) is 6.07 Å². The summed E-state index contributed by atoms with van der Waals surface area (Å²) in [5.74, 6) is -1.59. The van der Waals surface area contributed by atoms with Crippen LogP contribution in [0, 0.1) is 0 Å². The number of fused-ring (bicyclic) bond motifs is 1. The summed E-state index contributed by atoms with van der Waals surface area (Å²) >= 11 is 0. The van der Waals surface area contributed by atoms with Crippen LogP contribution in [0.3, 0.4) is 0 Å². The van der Waals surface area contributed by atoms with Gasteiger partial charge >= 0.3 is 0 Å². The molecule has 0 aliphatic carbocycles. The Labute approximate surface area is 115 Å². The van der Waals surface area contributed by atoms with E-state index in [0.29, 0.717) is 23.0 Å². The Balaban J connectivity index is 2.70. The van der Waals surface area contributed by atoms with Crippen molar-refractivity contribution in [3.05, 3.63) is 35.5 Å². The van der Waals surface area contributed by atoms with Crippen LogP contribution in [0.1, 0.15) is 27.8 Å². The minimum atomic E-state index is -1.40. The third-order valence-corrected chi connectivity index (χ3v) is 3.12. The third kappa shape index (κ3) is 2.27. The predicted octanol–water partition coefficient (Wildman–Crippen LogP) is 0.272. The Morgan fingerprint density at radius 3 is 2.70 bits per heavy atom. The molecule has 0 aliphatic heterocycles. The lowest BCUT2D eigenvalue weighted by atomic mass is 10.0. The molecule has 1 amide bonds. The number of aromatic nitrogens is 1. The number of carboxylic acids is 1. The lowest BCUT2D eigenvalue weighted by molar-refractivity contribution is -0.255. The van der Waals surface area contributed by atoms with Gasteiger partial charge in [-0.15, -0.1) is 0 Å². The predicted molar refractivity (Wildman–Crippen MR) is 73.1 cm³/mol. The first-order valence-corrected chi connectivity index (χ1v) is 6.11. The van der Waals surface area contributed by atoms with Crippen LogP contribution in [-0.2, 0) is 0 Å². The Morgan fingerprint density at radius 2 is 2.10 bits per heavy atom. The van der Waals surface area contributed by atoms with E-state index in [9.17, 15) is 14.7 Å². The van der Waals surface area contributed by atoms with E-state index in [4.69, 9.17) is 5.73 Å². The average Bonchev–Trinajstić information content (AvgIpc) is 2.44. The molecule has 0 saturated heterocycles. The molecule has 2 aromatic rings. The van der Waals surface area contributed by atoms with Crippen LogP contribution in [0.15, 0.2) is 24.3 Å². The van der Waals surface area contributed by atoms with Crippen LogP contribution >= 0.6 is 0 Å². The van der Waals surface area contributed by atoms with Gasteiger partial charge in [0.1, 0.15) is 0 Å². The molecule has 0 fully saturated rings. The molecule has 6 nitrogen and oxygen atoms in total. The van der Waals surface area contributed by atoms with Crippen molar-refractivity contribution in [3.8, 4) is 0 Å². The third-order valence-electron chi connectivity index (χ3n) is 3.12. The van der Waals surface area contributed by atoms with Gasteiger partial charge < -0.3 is 20.5 Å². The number of rotatable bonds is 3. The Morgan fingerprint density at radius 1 is 1.40 bits per heavy atom. The summed E-state index contributed by atoms with van der Waals surface area (Å²) in [7, 11) is 1.68. The van der Waals surface area contributed by atoms with Gasteiger partial charge in [-0.25, -0.2) is 4.98 Å². The fourth-order valence-electron chi connectivity index (χ4n) is 1.95. The second-order valence-corrected chi connectivity index (χ2v) is 4.40. The molecule has 0 radical (unpaired) electrons. The number of hydrogen-bond acceptors (Lipinski definition) is 5. The number of anilines is 1. The normalized spacial score (nSPS) is 10.5. The summed E-state index contributed by atoms with van der Waals surface area (Å²) in [5.41, 5.74) is 6.59. The number of benzene rings is 1. The van der Waals surface area contributed by atoms with Crippen LogP contribution in [0.5, 0.6) is 0 Å². The van der Waals surface area contributed by atoms with E-state index < -0.39 is 5.97 Å². The van der Waals surface area contributed by atoms with Crippen LogP contribution < -0.4 is 10.8 Å². The van der Waals surface area contributed by atoms with Crippen molar-refractivity contribution in [1.82, 2.24) is 9.88 Å². The van der Waals surface area contributed by atoms with Gasteiger partial charge in [0, 0.05) is 24.7 Å². The number of nitrogens with two attached hydrogens (primary N) is 1. The van der Waals surface area contributed by atoms with Crippen LogP contribution in [-0.4, -0.2) is 35.4 Å². The highest BCUT2D eigenvalue weighted by atomic mass is 16.4. The van der Waals surface area contributed by atoms with Gasteiger partial charge in [0.25, 0.3) is 5.91 Å². The summed E-state index contributed by atoms with van der Waals surface area (Å²) in [6, 6.07) is 6.11. The molecule has 1 aromatic carbocycles. The minimum absolute atomic E-state index is 0.187. The molecular weight excluding hydrogens is 258 g/mol. The van der Waals surface area contributed by atoms with E-state index >= 15 is 0 Å². The highest BCUT2D eigenvalue weighted by Crippen LogP contribution is 2.25. The van der Waals surface area contributed by atoms with Crippen LogP contribution in [0.4, 0.5) is 5.69 Å². The summed E-state index contributed by atoms with van der Waals surface area (Å²) in [4.78, 5) is 28.6. The maximum absolute atomic E-state index is 12.3. The highest BCUT2D eigenvalue weighted by molar-refractivity contribution is 6.11. The van der Waals surface area contributed by atoms with Gasteiger partial charge in [-0.05, 0) is 25.1 Å². The first kappa shape index (κ1) is 13.8. The first-order valence-electron chi connectivity index (χ1n) is 6.11. The molecule has 0 saturated carbocycles. The molecule has 1 heterocycles. The molecule has 0 unspecified atom stereocenters. The smallest absolute Gasteiger partial charge is 0.254 e. The monoisotopic (exact) mass is 272 g/mol. The zero-order chi connectivity index (χ0) is 14.9. The van der Waals surface area contributed by atoms with E-state index in [0.717, 1.165) is 0 Å². The number of carbonyl (C=O) groups excluding carboxylic acids is 2. The maximum atomic E-state index is 12.3. The molecule has 2 N–H and O–H groups in total. The fourth-order valence-corrected chi connectivity index (χ4v) is 1.95. The topological polar surface area (TPSA) is 99.3 Å². The van der Waals surface area contributed by atoms with Gasteiger partial charge in [0.15, 0.2) is 0 Å². The molecule has 0 atom stereocenters. The lowest BCUT2D eigenvalue weighted by Gasteiger charge is -2.17. The highest BCUT2D eigenvalue weighted by Gasteiger charge is 2.16. The Hall–Kier alpha value is -2.63. The molecule has 0 spiro atoms. The van der Waals surface area contributed by atoms with E-state index in [-0.39, 0.29) is 17.3 Å². The number of nitrogen functional groups attached to an aromatic ring is 1. The standard InChI is InChI=1S/C14H15N3O3/c1-3-17(2)13(18)8-5-4-6-10-12(8)9(15)7-11(16-10)14(19)20/h4-7H,3H2,1-2H3,(H2,15,16)(H,19,20)/p-1. The van der Waals surface area contributed by atoms with Gasteiger partial charge in [-0.2, -0.15) is 0 Å². The molecular formula is C14H14N3O3-. The first-order chi connectivity index (χ1) is 9.45. The van der Waals surface area contributed by atoms with Gasteiger partial charge in [-0.3, -0.25) is 4.79 Å². The van der Waals surface area contributed by atoms with Gasteiger partial charge in [0.2, 0.25) is 0 Å². The summed E-state index contributed by atoms with van der Waals surface area (Å²) in [6.45, 7) is 2.42. The second kappa shape index (κ2) is 5.16. The van der Waals surface area contributed by atoms with Crippen molar-refractivity contribution in [3.63, 3.8) is 0 Å². The van der Waals surface area contributed by atoms with Crippen LogP contribution in [0.25, 0.3) is 10.9 Å². The van der Waals surface area contributed by atoms with Crippen LogP contribution in [0.2, 0.25) is 0 Å². The van der Waals surface area contributed by atoms with Crippen molar-refractivity contribution < 1.29 is 14.7 Å². The van der Waals surface area contributed by atoms with Crippen molar-refractivity contribution in [2.45, 2.75) is 6.92 Å². The maximum Gasteiger partial charge on any atom is 0.254 e. The summed E-state index contributed by atoms with van der Waals surface area (Å²) in [5, 5.41) is 11.3. The van der Waals surface area contributed by atoms with E-state index in [2.05, 4.69) is 4.98 Å². The Bertz CT molecular complexity index is 697. The average molecular weight is 272 g/mol. The fraction of sp³-hybridized carbons (Fsp3) is 0.214. The summed E-state index contributed by atoms with van der Waals surface area (Å²) in [6.07, 6.45) is 0. The van der Waals surface area contributed by atoms with E-state index in [1.165, 1.54) is 6.07 Å². The molecule has 1 aromatic heterocycles. The lowest BCUT2D eigenvalue weighted by Crippen LogP contribution is -2.27. The number of aromatic carboxylic acids is 1. The van der Waals surface area contributed by atoms with Crippen molar-refractivity contribution in [2.75, 3.05) is 19.3 Å². The Kier molecular flexibility index (Phi) is 3.56. The minimum Gasteiger partial charge on any atom is -0.543 e. The zero-order valence-electron chi connectivity index (χ0n) is 11.2. The largest absolute Gasteiger partial charge is 0.543 e. The molecule has 0 aliphatic rings. The van der Waals surface area contributed by atoms with E-state index in [1.54, 1.807) is 30.1 Å².